The highest BCUT2D eigenvalue weighted by Crippen LogP contribution is 2.31. The van der Waals surface area contributed by atoms with E-state index in [9.17, 15) is 18.4 Å². The van der Waals surface area contributed by atoms with Crippen LogP contribution in [-0.4, -0.2) is 37.0 Å². The lowest BCUT2D eigenvalue weighted by molar-refractivity contribution is 0.102. The van der Waals surface area contributed by atoms with Gasteiger partial charge in [0.1, 0.15) is 17.4 Å². The van der Waals surface area contributed by atoms with Crippen molar-refractivity contribution in [3.05, 3.63) is 89.0 Å². The first-order valence-corrected chi connectivity index (χ1v) is 10.9. The number of nitrogens with zero attached hydrogens (tertiary/aromatic N) is 2. The van der Waals surface area contributed by atoms with Gasteiger partial charge in [0.15, 0.2) is 0 Å². The summed E-state index contributed by atoms with van der Waals surface area (Å²) in [6, 6.07) is 15.4. The Kier molecular flexibility index (Phi) is 6.77. The van der Waals surface area contributed by atoms with E-state index in [1.807, 2.05) is 13.0 Å². The molecule has 0 atom stereocenters. The van der Waals surface area contributed by atoms with E-state index in [2.05, 4.69) is 5.32 Å². The number of benzene rings is 3. The molecule has 3 aromatic rings. The molecule has 6 nitrogen and oxygen atoms in total. The molecule has 4 rings (SSSR count). The number of aryl methyl sites for hydroxylation is 1. The summed E-state index contributed by atoms with van der Waals surface area (Å²) in [5, 5.41) is 2.91. The molecule has 3 aromatic carbocycles. The molecule has 0 radical (unpaired) electrons. The van der Waals surface area contributed by atoms with Gasteiger partial charge in [0.25, 0.3) is 5.91 Å². The van der Waals surface area contributed by atoms with E-state index in [-0.39, 0.29) is 24.0 Å². The highest BCUT2D eigenvalue weighted by Gasteiger charge is 2.29. The van der Waals surface area contributed by atoms with E-state index < -0.39 is 11.6 Å². The Hall–Kier alpha value is -3.94. The minimum atomic E-state index is -0.690. The van der Waals surface area contributed by atoms with Gasteiger partial charge in [-0.25, -0.2) is 13.6 Å². The second kappa shape index (κ2) is 9.91. The summed E-state index contributed by atoms with van der Waals surface area (Å²) in [5.41, 5.74) is 2.55. The van der Waals surface area contributed by atoms with Gasteiger partial charge in [-0.3, -0.25) is 9.69 Å². The van der Waals surface area contributed by atoms with Crippen molar-refractivity contribution in [3.63, 3.8) is 0 Å². The molecule has 0 aliphatic carbocycles. The second-order valence-corrected chi connectivity index (χ2v) is 8.12. The Balaban J connectivity index is 1.60. The van der Waals surface area contributed by atoms with Gasteiger partial charge in [0, 0.05) is 24.7 Å². The van der Waals surface area contributed by atoms with E-state index in [0.717, 1.165) is 11.6 Å². The minimum Gasteiger partial charge on any atom is -0.496 e. The number of rotatable bonds is 6. The van der Waals surface area contributed by atoms with Crippen molar-refractivity contribution in [2.75, 3.05) is 30.4 Å². The topological polar surface area (TPSA) is 61.9 Å². The van der Waals surface area contributed by atoms with Gasteiger partial charge in [-0.05, 0) is 49.2 Å². The van der Waals surface area contributed by atoms with Gasteiger partial charge < -0.3 is 15.0 Å². The van der Waals surface area contributed by atoms with Gasteiger partial charge in [0.05, 0.1) is 30.6 Å². The Morgan fingerprint density at radius 2 is 1.85 bits per heavy atom. The summed E-state index contributed by atoms with van der Waals surface area (Å²) in [6.45, 7) is 2.81. The SMILES string of the molecule is COc1ccccc1C(=O)Nc1cc(C)ccc1N1CCCN(Cc2ccc(F)cc2F)C1=O. The first-order valence-electron chi connectivity index (χ1n) is 10.9. The van der Waals surface area contributed by atoms with Gasteiger partial charge >= 0.3 is 6.03 Å². The van der Waals surface area contributed by atoms with Crippen LogP contribution in [0.15, 0.2) is 60.7 Å². The molecule has 0 aromatic heterocycles. The Morgan fingerprint density at radius 3 is 2.62 bits per heavy atom. The summed E-state index contributed by atoms with van der Waals surface area (Å²) in [6.07, 6.45) is 0.655. The zero-order valence-electron chi connectivity index (χ0n) is 19.0. The third-order valence-electron chi connectivity index (χ3n) is 5.73. The molecule has 1 heterocycles. The summed E-state index contributed by atoms with van der Waals surface area (Å²) < 4.78 is 32.7. The summed E-state index contributed by atoms with van der Waals surface area (Å²) >= 11 is 0. The Morgan fingerprint density at radius 1 is 1.06 bits per heavy atom. The van der Waals surface area contributed by atoms with Crippen molar-refractivity contribution < 1.29 is 23.1 Å². The zero-order valence-corrected chi connectivity index (χ0v) is 19.0. The minimum absolute atomic E-state index is 0.0240. The summed E-state index contributed by atoms with van der Waals surface area (Å²) in [4.78, 5) is 29.4. The number of para-hydroxylation sites is 1. The fourth-order valence-corrected chi connectivity index (χ4v) is 4.01. The lowest BCUT2D eigenvalue weighted by Gasteiger charge is -2.36. The van der Waals surface area contributed by atoms with Crippen molar-refractivity contribution in [2.24, 2.45) is 0 Å². The standard InChI is InChI=1S/C26H25F2N3O3/c1-17-8-11-23(22(14-17)29-25(32)20-6-3-4-7-24(20)34-2)31-13-5-12-30(26(31)33)16-18-9-10-19(27)15-21(18)28/h3-4,6-11,14-15H,5,12-13,16H2,1-2H3,(H,29,32). The smallest absolute Gasteiger partial charge is 0.324 e. The molecule has 8 heteroatoms. The van der Waals surface area contributed by atoms with Crippen LogP contribution in [0.3, 0.4) is 0 Å². The van der Waals surface area contributed by atoms with Gasteiger partial charge in [-0.2, -0.15) is 0 Å². The van der Waals surface area contributed by atoms with E-state index in [4.69, 9.17) is 4.74 Å². The number of carbonyl (C=O) groups is 2. The lowest BCUT2D eigenvalue weighted by atomic mass is 10.1. The van der Waals surface area contributed by atoms with E-state index >= 15 is 0 Å². The highest BCUT2D eigenvalue weighted by molar-refractivity contribution is 6.09. The van der Waals surface area contributed by atoms with Crippen molar-refractivity contribution >= 4 is 23.3 Å². The fraction of sp³-hybridized carbons (Fsp3) is 0.231. The Bertz CT molecular complexity index is 1230. The number of urea groups is 1. The van der Waals surface area contributed by atoms with Crippen LogP contribution in [0.4, 0.5) is 25.0 Å². The second-order valence-electron chi connectivity index (χ2n) is 8.12. The predicted molar refractivity (Wildman–Crippen MR) is 126 cm³/mol. The van der Waals surface area contributed by atoms with Crippen LogP contribution in [0, 0.1) is 18.6 Å². The Labute approximate surface area is 196 Å². The molecule has 176 valence electrons. The van der Waals surface area contributed by atoms with Crippen molar-refractivity contribution in [3.8, 4) is 5.75 Å². The van der Waals surface area contributed by atoms with Crippen LogP contribution in [0.25, 0.3) is 0 Å². The summed E-state index contributed by atoms with van der Waals surface area (Å²) in [7, 11) is 1.50. The largest absolute Gasteiger partial charge is 0.496 e. The molecule has 1 aliphatic rings. The van der Waals surface area contributed by atoms with Crippen LogP contribution in [-0.2, 0) is 6.54 Å². The third-order valence-corrected chi connectivity index (χ3v) is 5.73. The maximum atomic E-state index is 14.2. The number of carbonyl (C=O) groups excluding carboxylic acids is 2. The highest BCUT2D eigenvalue weighted by atomic mass is 19.1. The first kappa shape index (κ1) is 23.2. The predicted octanol–water partition coefficient (Wildman–Crippen LogP) is 5.37. The number of nitrogens with one attached hydrogen (secondary N) is 1. The number of halogens is 2. The van der Waals surface area contributed by atoms with Crippen LogP contribution in [0.1, 0.15) is 27.9 Å². The number of hydrogen-bond acceptors (Lipinski definition) is 3. The third kappa shape index (κ3) is 4.85. The maximum absolute atomic E-state index is 14.2. The van der Waals surface area contributed by atoms with Crippen molar-refractivity contribution in [1.82, 2.24) is 4.90 Å². The molecule has 3 amide bonds. The fourth-order valence-electron chi connectivity index (χ4n) is 4.01. The van der Waals surface area contributed by atoms with Gasteiger partial charge in [0.2, 0.25) is 0 Å². The zero-order chi connectivity index (χ0) is 24.2. The first-order chi connectivity index (χ1) is 16.4. The number of ether oxygens (including phenoxy) is 1. The number of amides is 3. The average molecular weight is 466 g/mol. The molecular formula is C26H25F2N3O3. The van der Waals surface area contributed by atoms with Crippen molar-refractivity contribution in [1.29, 1.82) is 0 Å². The molecular weight excluding hydrogens is 440 g/mol. The van der Waals surface area contributed by atoms with E-state index in [1.54, 1.807) is 41.3 Å². The molecule has 0 bridgehead atoms. The molecule has 0 spiro atoms. The van der Waals surface area contributed by atoms with E-state index in [1.165, 1.54) is 24.1 Å². The quantitative estimate of drug-likeness (QED) is 0.533. The molecule has 34 heavy (non-hydrogen) atoms. The molecule has 0 saturated carbocycles. The molecule has 1 N–H and O–H groups in total. The lowest BCUT2D eigenvalue weighted by Crippen LogP contribution is -2.49. The maximum Gasteiger partial charge on any atom is 0.324 e. The average Bonchev–Trinajstić information content (AvgIpc) is 2.82. The molecule has 1 aliphatic heterocycles. The van der Waals surface area contributed by atoms with Crippen LogP contribution in [0.5, 0.6) is 5.75 Å². The van der Waals surface area contributed by atoms with Crippen LogP contribution < -0.4 is 15.0 Å². The normalized spacial score (nSPS) is 13.7. The van der Waals surface area contributed by atoms with Crippen LogP contribution >= 0.6 is 0 Å². The molecule has 0 unspecified atom stereocenters. The molecule has 1 fully saturated rings. The number of anilines is 2. The summed E-state index contributed by atoms with van der Waals surface area (Å²) in [5.74, 6) is -1.28. The van der Waals surface area contributed by atoms with E-state index in [0.29, 0.717) is 42.2 Å². The molecule has 1 saturated heterocycles. The number of hydrogen-bond donors (Lipinski definition) is 1. The van der Waals surface area contributed by atoms with Crippen molar-refractivity contribution in [2.45, 2.75) is 19.9 Å². The van der Waals surface area contributed by atoms with Gasteiger partial charge in [-0.15, -0.1) is 0 Å². The number of methoxy groups -OCH3 is 1. The van der Waals surface area contributed by atoms with Gasteiger partial charge in [-0.1, -0.05) is 24.3 Å². The van der Waals surface area contributed by atoms with Crippen LogP contribution in [0.2, 0.25) is 0 Å². The monoisotopic (exact) mass is 465 g/mol.